The molecule has 0 unspecified atom stereocenters. The van der Waals surface area contributed by atoms with Gasteiger partial charge in [0.05, 0.1) is 17.6 Å². The molecule has 2 aromatic rings. The van der Waals surface area contributed by atoms with Gasteiger partial charge in [0.1, 0.15) is 32.2 Å². The Bertz CT molecular complexity index is 985. The van der Waals surface area contributed by atoms with Crippen LogP contribution in [-0.4, -0.2) is 66.3 Å². The lowest BCUT2D eigenvalue weighted by atomic mass is 10.1. The van der Waals surface area contributed by atoms with Crippen molar-refractivity contribution in [2.24, 2.45) is 0 Å². The largest absolute Gasteiger partial charge is 0.493 e. The van der Waals surface area contributed by atoms with Crippen LogP contribution in [-0.2, 0) is 14.8 Å². The Hall–Kier alpha value is -2.98. The molecular formula is C20H23NO8S. The normalized spacial score (nSPS) is 13.1. The second-order valence-corrected chi connectivity index (χ2v) is 8.60. The minimum absolute atomic E-state index is 0.00728. The van der Waals surface area contributed by atoms with Gasteiger partial charge in [-0.15, -0.1) is 0 Å². The van der Waals surface area contributed by atoms with E-state index in [0.717, 1.165) is 4.31 Å². The SMILES string of the molecule is COc1cc(C(=O)OCCOc2ccc(S(=O)(=O)N(C)C)cc2)cc2c1OCCO2. The standard InChI is InChI=1S/C20H23NO8S/c1-21(2)30(23,24)16-6-4-15(5-7-16)26-8-11-29-20(22)14-12-17(25-3)19-18(13-14)27-9-10-28-19/h4-7,12-13H,8-11H2,1-3H3. The fourth-order valence-electron chi connectivity index (χ4n) is 2.69. The van der Waals surface area contributed by atoms with Crippen molar-refractivity contribution in [1.82, 2.24) is 4.31 Å². The smallest absolute Gasteiger partial charge is 0.338 e. The van der Waals surface area contributed by atoms with Gasteiger partial charge in [0, 0.05) is 14.1 Å². The van der Waals surface area contributed by atoms with Crippen LogP contribution in [0.1, 0.15) is 10.4 Å². The van der Waals surface area contributed by atoms with Crippen LogP contribution in [0.3, 0.4) is 0 Å². The molecule has 0 atom stereocenters. The van der Waals surface area contributed by atoms with E-state index >= 15 is 0 Å². The van der Waals surface area contributed by atoms with Crippen molar-refractivity contribution >= 4 is 16.0 Å². The molecule has 0 radical (unpaired) electrons. The summed E-state index contributed by atoms with van der Waals surface area (Å²) in [6.07, 6.45) is 0. The predicted octanol–water partition coefficient (Wildman–Crippen LogP) is 1.95. The summed E-state index contributed by atoms with van der Waals surface area (Å²) >= 11 is 0. The second-order valence-electron chi connectivity index (χ2n) is 6.45. The summed E-state index contributed by atoms with van der Waals surface area (Å²) in [5, 5.41) is 0. The van der Waals surface area contributed by atoms with Crippen LogP contribution in [0.15, 0.2) is 41.3 Å². The fraction of sp³-hybridized carbons (Fsp3) is 0.350. The molecule has 2 aromatic carbocycles. The number of methoxy groups -OCH3 is 1. The first kappa shape index (κ1) is 21.7. The van der Waals surface area contributed by atoms with Crippen molar-refractivity contribution in [3.05, 3.63) is 42.0 Å². The van der Waals surface area contributed by atoms with Crippen LogP contribution < -0.4 is 18.9 Å². The molecule has 0 spiro atoms. The molecule has 0 N–H and O–H groups in total. The van der Waals surface area contributed by atoms with E-state index < -0.39 is 16.0 Å². The quantitative estimate of drug-likeness (QED) is 0.456. The Morgan fingerprint density at radius 2 is 1.77 bits per heavy atom. The van der Waals surface area contributed by atoms with Crippen LogP contribution in [0.5, 0.6) is 23.0 Å². The summed E-state index contributed by atoms with van der Waals surface area (Å²) in [5.41, 5.74) is 0.273. The molecule has 10 heteroatoms. The number of carbonyl (C=O) groups is 1. The summed E-state index contributed by atoms with van der Waals surface area (Å²) in [7, 11) is 0.911. The summed E-state index contributed by atoms with van der Waals surface area (Å²) in [6.45, 7) is 0.907. The maximum atomic E-state index is 12.3. The van der Waals surface area contributed by atoms with E-state index in [-0.39, 0.29) is 23.7 Å². The number of esters is 1. The molecular weight excluding hydrogens is 414 g/mol. The number of ether oxygens (including phenoxy) is 5. The van der Waals surface area contributed by atoms with Crippen LogP contribution in [0, 0.1) is 0 Å². The third-order valence-electron chi connectivity index (χ3n) is 4.25. The zero-order valence-electron chi connectivity index (χ0n) is 16.9. The number of hydrogen-bond acceptors (Lipinski definition) is 8. The molecule has 9 nitrogen and oxygen atoms in total. The van der Waals surface area contributed by atoms with Gasteiger partial charge >= 0.3 is 5.97 Å². The lowest BCUT2D eigenvalue weighted by Gasteiger charge is -2.21. The molecule has 162 valence electrons. The van der Waals surface area contributed by atoms with Gasteiger partial charge in [-0.25, -0.2) is 17.5 Å². The Kier molecular flexibility index (Phi) is 6.68. The van der Waals surface area contributed by atoms with E-state index in [4.69, 9.17) is 23.7 Å². The number of carbonyl (C=O) groups excluding carboxylic acids is 1. The molecule has 0 saturated heterocycles. The average Bonchev–Trinajstić information content (AvgIpc) is 2.75. The zero-order valence-corrected chi connectivity index (χ0v) is 17.7. The Labute approximate surface area is 175 Å². The first-order chi connectivity index (χ1) is 14.3. The lowest BCUT2D eigenvalue weighted by Crippen LogP contribution is -2.22. The highest BCUT2D eigenvalue weighted by molar-refractivity contribution is 7.89. The average molecular weight is 437 g/mol. The molecule has 0 fully saturated rings. The van der Waals surface area contributed by atoms with E-state index in [0.29, 0.717) is 36.2 Å². The van der Waals surface area contributed by atoms with Crippen LogP contribution >= 0.6 is 0 Å². The van der Waals surface area contributed by atoms with E-state index in [1.165, 1.54) is 39.4 Å². The van der Waals surface area contributed by atoms with Gasteiger partial charge in [-0.05, 0) is 36.4 Å². The minimum atomic E-state index is -3.49. The number of hydrogen-bond donors (Lipinski definition) is 0. The monoisotopic (exact) mass is 437 g/mol. The van der Waals surface area contributed by atoms with Gasteiger partial charge in [0.15, 0.2) is 11.5 Å². The van der Waals surface area contributed by atoms with Crippen molar-refractivity contribution in [2.75, 3.05) is 47.6 Å². The summed E-state index contributed by atoms with van der Waals surface area (Å²) in [5.74, 6) is 1.19. The number of nitrogens with zero attached hydrogens (tertiary/aromatic N) is 1. The Morgan fingerprint density at radius 3 is 2.43 bits per heavy atom. The second kappa shape index (κ2) is 9.23. The van der Waals surface area contributed by atoms with Crippen molar-refractivity contribution in [3.8, 4) is 23.0 Å². The first-order valence-electron chi connectivity index (χ1n) is 9.13. The zero-order chi connectivity index (χ0) is 21.7. The molecule has 1 aliphatic heterocycles. The maximum Gasteiger partial charge on any atom is 0.338 e. The van der Waals surface area contributed by atoms with E-state index in [9.17, 15) is 13.2 Å². The highest BCUT2D eigenvalue weighted by Crippen LogP contribution is 2.40. The van der Waals surface area contributed by atoms with Gasteiger partial charge in [-0.1, -0.05) is 0 Å². The van der Waals surface area contributed by atoms with Gasteiger partial charge in [0.25, 0.3) is 0 Å². The van der Waals surface area contributed by atoms with Crippen molar-refractivity contribution < 1.29 is 36.9 Å². The Morgan fingerprint density at radius 1 is 1.07 bits per heavy atom. The number of sulfonamides is 1. The molecule has 0 aliphatic carbocycles. The van der Waals surface area contributed by atoms with Crippen LogP contribution in [0.4, 0.5) is 0 Å². The molecule has 0 saturated carbocycles. The Balaban J connectivity index is 1.54. The van der Waals surface area contributed by atoms with Gasteiger partial charge in [-0.3, -0.25) is 0 Å². The maximum absolute atomic E-state index is 12.3. The van der Waals surface area contributed by atoms with Crippen molar-refractivity contribution in [1.29, 1.82) is 0 Å². The molecule has 1 aliphatic rings. The lowest BCUT2D eigenvalue weighted by molar-refractivity contribution is 0.0449. The molecule has 0 aromatic heterocycles. The minimum Gasteiger partial charge on any atom is -0.493 e. The van der Waals surface area contributed by atoms with Gasteiger partial charge < -0.3 is 23.7 Å². The number of fused-ring (bicyclic) bond motifs is 1. The van der Waals surface area contributed by atoms with Crippen LogP contribution in [0.25, 0.3) is 0 Å². The van der Waals surface area contributed by atoms with Crippen molar-refractivity contribution in [2.45, 2.75) is 4.90 Å². The van der Waals surface area contributed by atoms with Crippen LogP contribution in [0.2, 0.25) is 0 Å². The van der Waals surface area contributed by atoms with E-state index in [1.807, 2.05) is 0 Å². The molecule has 0 amide bonds. The highest BCUT2D eigenvalue weighted by Gasteiger charge is 2.21. The number of rotatable bonds is 8. The predicted molar refractivity (Wildman–Crippen MR) is 107 cm³/mol. The third kappa shape index (κ3) is 4.77. The first-order valence-corrected chi connectivity index (χ1v) is 10.6. The number of benzene rings is 2. The summed E-state index contributed by atoms with van der Waals surface area (Å²) < 4.78 is 52.2. The molecule has 30 heavy (non-hydrogen) atoms. The van der Waals surface area contributed by atoms with E-state index in [1.54, 1.807) is 18.2 Å². The van der Waals surface area contributed by atoms with E-state index in [2.05, 4.69) is 0 Å². The molecule has 1 heterocycles. The third-order valence-corrected chi connectivity index (χ3v) is 6.08. The topological polar surface area (TPSA) is 101 Å². The van der Waals surface area contributed by atoms with Gasteiger partial charge in [0.2, 0.25) is 15.8 Å². The van der Waals surface area contributed by atoms with Gasteiger partial charge in [-0.2, -0.15) is 0 Å². The molecule has 3 rings (SSSR count). The summed E-state index contributed by atoms with van der Waals surface area (Å²) in [4.78, 5) is 12.5. The summed E-state index contributed by atoms with van der Waals surface area (Å²) in [6, 6.07) is 9.08. The highest BCUT2D eigenvalue weighted by atomic mass is 32.2. The fourth-order valence-corrected chi connectivity index (χ4v) is 3.59. The van der Waals surface area contributed by atoms with Crippen molar-refractivity contribution in [3.63, 3.8) is 0 Å². The molecule has 0 bridgehead atoms.